The van der Waals surface area contributed by atoms with E-state index in [2.05, 4.69) is 34.7 Å². The van der Waals surface area contributed by atoms with Gasteiger partial charge >= 0.3 is 0 Å². The van der Waals surface area contributed by atoms with Crippen LogP contribution >= 0.6 is 11.6 Å². The Morgan fingerprint density at radius 3 is 2.52 bits per heavy atom. The van der Waals surface area contributed by atoms with Gasteiger partial charge in [0, 0.05) is 24.0 Å². The third-order valence-electron chi connectivity index (χ3n) is 4.11. The molecule has 1 aromatic heterocycles. The first kappa shape index (κ1) is 18.7. The number of benzene rings is 2. The molecule has 1 atom stereocenters. The van der Waals surface area contributed by atoms with Crippen LogP contribution in [0, 0.1) is 0 Å². The first-order valence-corrected chi connectivity index (χ1v) is 8.87. The molecule has 0 spiro atoms. The molecule has 5 nitrogen and oxygen atoms in total. The third kappa shape index (κ3) is 4.77. The zero-order valence-corrected chi connectivity index (χ0v) is 15.8. The highest BCUT2D eigenvalue weighted by Crippen LogP contribution is 2.29. The Hall–Kier alpha value is -3.05. The quantitative estimate of drug-likeness (QED) is 0.618. The summed E-state index contributed by atoms with van der Waals surface area (Å²) in [4.78, 5) is 16.4. The zero-order chi connectivity index (χ0) is 19.2. The number of halogens is 1. The molecule has 3 aromatic rings. The molecule has 0 radical (unpaired) electrons. The monoisotopic (exact) mass is 381 g/mol. The van der Waals surface area contributed by atoms with Gasteiger partial charge in [-0.1, -0.05) is 41.9 Å². The van der Waals surface area contributed by atoms with Gasteiger partial charge in [-0.25, -0.2) is 4.98 Å². The summed E-state index contributed by atoms with van der Waals surface area (Å²) in [6, 6.07) is 18.9. The normalized spacial score (nSPS) is 11.5. The number of hydrogen-bond donors (Lipinski definition) is 2. The molecule has 0 aliphatic carbocycles. The number of carbonyl (C=O) groups is 1. The molecule has 0 bridgehead atoms. The van der Waals surface area contributed by atoms with Crippen LogP contribution in [-0.4, -0.2) is 18.0 Å². The summed E-state index contributed by atoms with van der Waals surface area (Å²) in [5.74, 6) is 0.192. The van der Waals surface area contributed by atoms with Gasteiger partial charge < -0.3 is 15.4 Å². The van der Waals surface area contributed by atoms with Gasteiger partial charge in [0.2, 0.25) is 5.88 Å². The minimum atomic E-state index is -0.264. The number of pyridine rings is 1. The molecule has 0 saturated carbocycles. The molecular weight excluding hydrogens is 362 g/mol. The van der Waals surface area contributed by atoms with Crippen LogP contribution in [0.4, 0.5) is 11.4 Å². The van der Waals surface area contributed by atoms with Crippen LogP contribution in [0.25, 0.3) is 0 Å². The maximum atomic E-state index is 12.3. The number of hydrogen-bond acceptors (Lipinski definition) is 4. The fourth-order valence-electron chi connectivity index (χ4n) is 2.61. The first-order valence-electron chi connectivity index (χ1n) is 8.49. The lowest BCUT2D eigenvalue weighted by Crippen LogP contribution is -2.12. The molecule has 6 heteroatoms. The standard InChI is InChI=1S/C21H20ClN3O2/c1-14(15-6-4-3-5-7-15)24-19-10-9-17(12-18(19)22)25-21(26)16-8-11-20(27-2)23-13-16/h3-14,24H,1-2H3,(H,25,26). The van der Waals surface area contributed by atoms with E-state index in [1.807, 2.05) is 24.3 Å². The number of rotatable bonds is 6. The minimum Gasteiger partial charge on any atom is -0.481 e. The summed E-state index contributed by atoms with van der Waals surface area (Å²) in [5.41, 5.74) is 3.01. The fraction of sp³-hybridized carbons (Fsp3) is 0.143. The van der Waals surface area contributed by atoms with E-state index in [4.69, 9.17) is 16.3 Å². The van der Waals surface area contributed by atoms with Crippen LogP contribution in [0.1, 0.15) is 28.9 Å². The van der Waals surface area contributed by atoms with Gasteiger partial charge in [0.05, 0.1) is 23.4 Å². The number of amides is 1. The highest BCUT2D eigenvalue weighted by Gasteiger charge is 2.11. The van der Waals surface area contributed by atoms with Crippen LogP contribution in [0.15, 0.2) is 66.9 Å². The van der Waals surface area contributed by atoms with Crippen molar-refractivity contribution in [3.8, 4) is 5.88 Å². The molecule has 1 unspecified atom stereocenters. The Balaban J connectivity index is 1.67. The van der Waals surface area contributed by atoms with Gasteiger partial charge in [0.1, 0.15) is 0 Å². The molecule has 1 amide bonds. The number of nitrogens with zero attached hydrogens (tertiary/aromatic N) is 1. The van der Waals surface area contributed by atoms with E-state index in [-0.39, 0.29) is 11.9 Å². The molecule has 138 valence electrons. The smallest absolute Gasteiger partial charge is 0.257 e. The van der Waals surface area contributed by atoms with Crippen LogP contribution < -0.4 is 15.4 Å². The van der Waals surface area contributed by atoms with Gasteiger partial charge in [-0.2, -0.15) is 0 Å². The third-order valence-corrected chi connectivity index (χ3v) is 4.42. The zero-order valence-electron chi connectivity index (χ0n) is 15.1. The number of aromatic nitrogens is 1. The molecule has 0 aliphatic heterocycles. The van der Waals surface area contributed by atoms with E-state index < -0.39 is 0 Å². The molecule has 0 fully saturated rings. The van der Waals surface area contributed by atoms with Crippen molar-refractivity contribution < 1.29 is 9.53 Å². The molecule has 2 N–H and O–H groups in total. The summed E-state index contributed by atoms with van der Waals surface area (Å²) < 4.78 is 4.99. The Labute approximate surface area is 163 Å². The van der Waals surface area contributed by atoms with E-state index in [0.717, 1.165) is 11.3 Å². The molecular formula is C21H20ClN3O2. The Bertz CT molecular complexity index is 914. The SMILES string of the molecule is COc1ccc(C(=O)Nc2ccc(NC(C)c3ccccc3)c(Cl)c2)cn1. The Morgan fingerprint density at radius 1 is 1.11 bits per heavy atom. The highest BCUT2D eigenvalue weighted by molar-refractivity contribution is 6.33. The van der Waals surface area contributed by atoms with E-state index in [1.54, 1.807) is 24.3 Å². The lowest BCUT2D eigenvalue weighted by Gasteiger charge is -2.17. The highest BCUT2D eigenvalue weighted by atomic mass is 35.5. The van der Waals surface area contributed by atoms with Crippen molar-refractivity contribution in [2.75, 3.05) is 17.7 Å². The number of anilines is 2. The molecule has 3 rings (SSSR count). The number of nitrogens with one attached hydrogen (secondary N) is 2. The second kappa shape index (κ2) is 8.56. The van der Waals surface area contributed by atoms with Crippen LogP contribution in [0.3, 0.4) is 0 Å². The van der Waals surface area contributed by atoms with Crippen LogP contribution in [-0.2, 0) is 0 Å². The van der Waals surface area contributed by atoms with Crippen molar-refractivity contribution in [3.05, 3.63) is 83.0 Å². The van der Waals surface area contributed by atoms with E-state index in [0.29, 0.717) is 22.2 Å². The molecule has 2 aromatic carbocycles. The first-order chi connectivity index (χ1) is 13.1. The average Bonchev–Trinajstić information content (AvgIpc) is 2.70. The van der Waals surface area contributed by atoms with Crippen molar-refractivity contribution in [2.24, 2.45) is 0 Å². The minimum absolute atomic E-state index is 0.106. The fourth-order valence-corrected chi connectivity index (χ4v) is 2.84. The maximum absolute atomic E-state index is 12.3. The van der Waals surface area contributed by atoms with Crippen molar-refractivity contribution >= 4 is 28.9 Å². The van der Waals surface area contributed by atoms with Crippen molar-refractivity contribution in [1.29, 1.82) is 0 Å². The molecule has 1 heterocycles. The summed E-state index contributed by atoms with van der Waals surface area (Å²) in [6.45, 7) is 2.07. The molecule has 27 heavy (non-hydrogen) atoms. The summed E-state index contributed by atoms with van der Waals surface area (Å²) in [6.07, 6.45) is 1.47. The second-order valence-corrected chi connectivity index (χ2v) is 6.42. The predicted molar refractivity (Wildman–Crippen MR) is 109 cm³/mol. The van der Waals surface area contributed by atoms with Crippen molar-refractivity contribution in [1.82, 2.24) is 4.98 Å². The van der Waals surface area contributed by atoms with Gasteiger partial charge in [0.15, 0.2) is 0 Å². The predicted octanol–water partition coefficient (Wildman–Crippen LogP) is 5.17. The Morgan fingerprint density at radius 2 is 1.89 bits per heavy atom. The summed E-state index contributed by atoms with van der Waals surface area (Å²) >= 11 is 6.39. The topological polar surface area (TPSA) is 63.2 Å². The van der Waals surface area contributed by atoms with E-state index in [1.165, 1.54) is 13.3 Å². The number of carbonyl (C=O) groups excluding carboxylic acids is 1. The molecule has 0 saturated heterocycles. The van der Waals surface area contributed by atoms with Crippen LogP contribution in [0.2, 0.25) is 5.02 Å². The van der Waals surface area contributed by atoms with Gasteiger partial charge in [-0.3, -0.25) is 4.79 Å². The van der Waals surface area contributed by atoms with Gasteiger partial charge in [0.25, 0.3) is 5.91 Å². The van der Waals surface area contributed by atoms with Crippen molar-refractivity contribution in [3.63, 3.8) is 0 Å². The molecule has 0 aliphatic rings. The largest absolute Gasteiger partial charge is 0.481 e. The summed E-state index contributed by atoms with van der Waals surface area (Å²) in [5, 5.41) is 6.73. The number of ether oxygens (including phenoxy) is 1. The second-order valence-electron chi connectivity index (χ2n) is 6.01. The van der Waals surface area contributed by atoms with Gasteiger partial charge in [-0.15, -0.1) is 0 Å². The van der Waals surface area contributed by atoms with Crippen molar-refractivity contribution in [2.45, 2.75) is 13.0 Å². The van der Waals surface area contributed by atoms with Crippen LogP contribution in [0.5, 0.6) is 5.88 Å². The van der Waals surface area contributed by atoms with Gasteiger partial charge in [-0.05, 0) is 36.8 Å². The Kier molecular flexibility index (Phi) is 5.94. The van der Waals surface area contributed by atoms with E-state index in [9.17, 15) is 4.79 Å². The maximum Gasteiger partial charge on any atom is 0.257 e. The van der Waals surface area contributed by atoms with E-state index >= 15 is 0 Å². The average molecular weight is 382 g/mol. The summed E-state index contributed by atoms with van der Waals surface area (Å²) in [7, 11) is 1.53. The lowest BCUT2D eigenvalue weighted by molar-refractivity contribution is 0.102. The number of methoxy groups -OCH3 is 1. The lowest BCUT2D eigenvalue weighted by atomic mass is 10.1.